The summed E-state index contributed by atoms with van der Waals surface area (Å²) >= 11 is 0.735. The Kier molecular flexibility index (Phi) is 6.18. The fourth-order valence-corrected chi connectivity index (χ4v) is 4.00. The van der Waals surface area contributed by atoms with Gasteiger partial charge in [0.25, 0.3) is 5.91 Å². The first-order valence-corrected chi connectivity index (χ1v) is 9.66. The fraction of sp³-hybridized carbons (Fsp3) is 0.368. The number of amides is 1. The van der Waals surface area contributed by atoms with E-state index in [0.29, 0.717) is 0 Å². The second-order valence-electron chi connectivity index (χ2n) is 6.36. The van der Waals surface area contributed by atoms with Crippen LogP contribution in [0, 0.1) is 10.1 Å². The Morgan fingerprint density at radius 3 is 2.44 bits per heavy atom. The third kappa shape index (κ3) is 4.71. The third-order valence-corrected chi connectivity index (χ3v) is 5.56. The highest BCUT2D eigenvalue weighted by molar-refractivity contribution is 7.17. The smallest absolute Gasteiger partial charge is 0.349 e. The van der Waals surface area contributed by atoms with E-state index in [-0.39, 0.29) is 21.8 Å². The highest BCUT2D eigenvalue weighted by atomic mass is 32.1. The van der Waals surface area contributed by atoms with Gasteiger partial charge in [-0.3, -0.25) is 14.9 Å². The third-order valence-electron chi connectivity index (χ3n) is 4.54. The minimum atomic E-state index is -0.724. The molecule has 0 saturated heterocycles. The number of carbonyl (C=O) groups excluding carboxylic acids is 2. The van der Waals surface area contributed by atoms with Crippen LogP contribution < -0.4 is 4.90 Å². The Hall–Kier alpha value is -2.74. The van der Waals surface area contributed by atoms with Crippen LogP contribution in [-0.4, -0.2) is 29.4 Å². The summed E-state index contributed by atoms with van der Waals surface area (Å²) < 4.78 is 5.13. The van der Waals surface area contributed by atoms with Crippen LogP contribution in [0.5, 0.6) is 0 Å². The van der Waals surface area contributed by atoms with E-state index in [1.165, 1.54) is 18.6 Å². The van der Waals surface area contributed by atoms with E-state index < -0.39 is 17.5 Å². The summed E-state index contributed by atoms with van der Waals surface area (Å²) in [6, 6.07) is 12.1. The number of ether oxygens (including phenoxy) is 1. The zero-order valence-corrected chi connectivity index (χ0v) is 15.5. The summed E-state index contributed by atoms with van der Waals surface area (Å²) in [6.07, 6.45) is 5.15. The molecule has 0 unspecified atom stereocenters. The molecule has 1 aromatic heterocycles. The van der Waals surface area contributed by atoms with Crippen molar-refractivity contribution in [2.75, 3.05) is 11.5 Å². The highest BCUT2D eigenvalue weighted by Gasteiger charge is 2.28. The van der Waals surface area contributed by atoms with Gasteiger partial charge in [-0.1, -0.05) is 48.8 Å². The Morgan fingerprint density at radius 2 is 1.81 bits per heavy atom. The molecule has 1 aliphatic rings. The molecule has 0 atom stereocenters. The van der Waals surface area contributed by atoms with Crippen molar-refractivity contribution < 1.29 is 19.2 Å². The van der Waals surface area contributed by atoms with E-state index in [0.717, 1.165) is 42.7 Å². The zero-order valence-electron chi connectivity index (χ0n) is 14.7. The lowest BCUT2D eigenvalue weighted by Crippen LogP contribution is -2.43. The predicted molar refractivity (Wildman–Crippen MR) is 102 cm³/mol. The van der Waals surface area contributed by atoms with E-state index in [1.54, 1.807) is 4.90 Å². The molecule has 2 aromatic rings. The largest absolute Gasteiger partial charge is 0.451 e. The second-order valence-corrected chi connectivity index (χ2v) is 7.42. The van der Waals surface area contributed by atoms with Gasteiger partial charge >= 0.3 is 11.0 Å². The van der Waals surface area contributed by atoms with Crippen LogP contribution in [-0.2, 0) is 9.53 Å². The van der Waals surface area contributed by atoms with Crippen molar-refractivity contribution in [3.05, 3.63) is 57.5 Å². The van der Waals surface area contributed by atoms with Gasteiger partial charge in [-0.15, -0.1) is 0 Å². The van der Waals surface area contributed by atoms with Crippen LogP contribution in [0.4, 0.5) is 10.7 Å². The first-order chi connectivity index (χ1) is 13.1. The predicted octanol–water partition coefficient (Wildman–Crippen LogP) is 4.18. The number of nitro groups is 1. The number of esters is 1. The quantitative estimate of drug-likeness (QED) is 0.421. The number of para-hydroxylation sites is 1. The van der Waals surface area contributed by atoms with E-state index in [9.17, 15) is 19.7 Å². The van der Waals surface area contributed by atoms with Crippen LogP contribution in [0.15, 0.2) is 42.5 Å². The topological polar surface area (TPSA) is 89.8 Å². The standard InChI is InChI=1S/C19H20N2O5S/c22-17(13-26-19(23)16-11-12-18(27-16)21(24)25)20(14-7-3-1-4-8-14)15-9-5-2-6-10-15/h1,3-4,7-8,11-12,15H,2,5-6,9-10,13H2. The summed E-state index contributed by atoms with van der Waals surface area (Å²) in [7, 11) is 0. The Balaban J connectivity index is 1.68. The van der Waals surface area contributed by atoms with Crippen LogP contribution >= 0.6 is 11.3 Å². The first kappa shape index (κ1) is 19.0. The van der Waals surface area contributed by atoms with E-state index >= 15 is 0 Å². The molecule has 1 fully saturated rings. The van der Waals surface area contributed by atoms with Crippen molar-refractivity contribution in [1.29, 1.82) is 0 Å². The van der Waals surface area contributed by atoms with Gasteiger partial charge in [0.2, 0.25) is 0 Å². The molecule has 1 aliphatic carbocycles. The van der Waals surface area contributed by atoms with Crippen LogP contribution in [0.3, 0.4) is 0 Å². The van der Waals surface area contributed by atoms with Gasteiger partial charge in [-0.2, -0.15) is 0 Å². The fourth-order valence-electron chi connectivity index (χ4n) is 3.29. The molecule has 1 aromatic carbocycles. The van der Waals surface area contributed by atoms with E-state index in [1.807, 2.05) is 30.3 Å². The summed E-state index contributed by atoms with van der Waals surface area (Å²) in [6.45, 7) is -0.393. The number of rotatable bonds is 6. The SMILES string of the molecule is O=C(OCC(=O)N(c1ccccc1)C1CCCCC1)c1ccc([N+](=O)[O-])s1. The molecule has 0 N–H and O–H groups in total. The van der Waals surface area contributed by atoms with Crippen LogP contribution in [0.2, 0.25) is 0 Å². The molecule has 1 amide bonds. The highest BCUT2D eigenvalue weighted by Crippen LogP contribution is 2.28. The number of anilines is 1. The maximum Gasteiger partial charge on any atom is 0.349 e. The van der Waals surface area contributed by atoms with Gasteiger partial charge < -0.3 is 9.64 Å². The molecule has 1 saturated carbocycles. The molecule has 8 heteroatoms. The molecule has 1 heterocycles. The molecule has 0 spiro atoms. The minimum absolute atomic E-state index is 0.0928. The number of hydrogen-bond donors (Lipinski definition) is 0. The van der Waals surface area contributed by atoms with Gasteiger partial charge in [0, 0.05) is 17.8 Å². The van der Waals surface area contributed by atoms with Crippen molar-refractivity contribution in [1.82, 2.24) is 0 Å². The lowest BCUT2D eigenvalue weighted by molar-refractivity contribution is -0.380. The average molecular weight is 388 g/mol. The van der Waals surface area contributed by atoms with E-state index in [2.05, 4.69) is 0 Å². The van der Waals surface area contributed by atoms with Crippen molar-refractivity contribution in [3.8, 4) is 0 Å². The Labute approximate surface area is 160 Å². The molecular weight excluding hydrogens is 368 g/mol. The van der Waals surface area contributed by atoms with Gasteiger partial charge in [0.05, 0.1) is 4.92 Å². The summed E-state index contributed by atoms with van der Waals surface area (Å²) in [4.78, 5) is 37.0. The number of benzene rings is 1. The lowest BCUT2D eigenvalue weighted by Gasteiger charge is -2.34. The molecule has 0 bridgehead atoms. The van der Waals surface area contributed by atoms with Crippen LogP contribution in [0.1, 0.15) is 41.8 Å². The van der Waals surface area contributed by atoms with Gasteiger partial charge in [0.15, 0.2) is 6.61 Å². The first-order valence-electron chi connectivity index (χ1n) is 8.84. The minimum Gasteiger partial charge on any atom is -0.451 e. The Bertz CT molecular complexity index is 815. The maximum atomic E-state index is 12.8. The summed E-state index contributed by atoms with van der Waals surface area (Å²) in [5, 5.41) is 10.6. The number of carbonyl (C=O) groups is 2. The average Bonchev–Trinajstić information content (AvgIpc) is 3.19. The molecular formula is C19H20N2O5S. The van der Waals surface area contributed by atoms with Crippen LogP contribution in [0.25, 0.3) is 0 Å². The molecule has 27 heavy (non-hydrogen) atoms. The Morgan fingerprint density at radius 1 is 1.11 bits per heavy atom. The zero-order chi connectivity index (χ0) is 19.2. The number of nitrogens with zero attached hydrogens (tertiary/aromatic N) is 2. The molecule has 7 nitrogen and oxygen atoms in total. The van der Waals surface area contributed by atoms with Crippen molar-refractivity contribution >= 4 is 33.9 Å². The molecule has 3 rings (SSSR count). The normalized spacial score (nSPS) is 14.5. The van der Waals surface area contributed by atoms with Gasteiger partial charge in [-0.05, 0) is 31.0 Å². The number of thiophene rings is 1. The van der Waals surface area contributed by atoms with Gasteiger partial charge in [0.1, 0.15) is 4.88 Å². The molecule has 142 valence electrons. The second kappa shape index (κ2) is 8.77. The number of hydrogen-bond acceptors (Lipinski definition) is 6. The summed E-state index contributed by atoms with van der Waals surface area (Å²) in [5.74, 6) is -1.01. The van der Waals surface area contributed by atoms with Crippen molar-refractivity contribution in [3.63, 3.8) is 0 Å². The monoisotopic (exact) mass is 388 g/mol. The van der Waals surface area contributed by atoms with E-state index in [4.69, 9.17) is 4.74 Å². The van der Waals surface area contributed by atoms with Crippen molar-refractivity contribution in [2.24, 2.45) is 0 Å². The summed E-state index contributed by atoms with van der Waals surface area (Å²) in [5.41, 5.74) is 0.789. The lowest BCUT2D eigenvalue weighted by atomic mass is 9.93. The molecule has 0 aliphatic heterocycles. The maximum absolute atomic E-state index is 12.8. The van der Waals surface area contributed by atoms with Gasteiger partial charge in [-0.25, -0.2) is 4.79 Å². The van der Waals surface area contributed by atoms with Crippen molar-refractivity contribution in [2.45, 2.75) is 38.1 Å². The molecule has 0 radical (unpaired) electrons.